The van der Waals surface area contributed by atoms with Crippen molar-refractivity contribution in [2.24, 2.45) is 0 Å². The van der Waals surface area contributed by atoms with Gasteiger partial charge in [0.15, 0.2) is 44.6 Å². The van der Waals surface area contributed by atoms with Gasteiger partial charge in [-0.25, -0.2) is 9.59 Å². The van der Waals surface area contributed by atoms with Crippen LogP contribution in [0.1, 0.15) is 78.8 Å². The third-order valence-electron chi connectivity index (χ3n) is 10.6. The number of ketones is 2. The van der Waals surface area contributed by atoms with E-state index in [4.69, 9.17) is 37.9 Å². The second-order valence-corrected chi connectivity index (χ2v) is 16.7. The van der Waals surface area contributed by atoms with Crippen molar-refractivity contribution < 1.29 is 57.1 Å². The molecular formula is C46H48N8O12S2. The first-order valence-electron chi connectivity index (χ1n) is 20.9. The quantitative estimate of drug-likeness (QED) is 0.0807. The van der Waals surface area contributed by atoms with Crippen LogP contribution < -0.4 is 39.3 Å². The monoisotopic (exact) mass is 968 g/mol. The fraction of sp³-hybridized carbons (Fsp3) is 0.304. The van der Waals surface area contributed by atoms with E-state index in [0.29, 0.717) is 55.7 Å². The number of nitrogens with zero attached hydrogens (tertiary/aromatic N) is 6. The molecule has 0 saturated carbocycles. The third kappa shape index (κ3) is 10.1. The fourth-order valence-corrected chi connectivity index (χ4v) is 9.72. The summed E-state index contributed by atoms with van der Waals surface area (Å²) in [5.74, 6) is 2.01. The first-order valence-corrected chi connectivity index (χ1v) is 22.7. The van der Waals surface area contributed by atoms with Gasteiger partial charge < -0.3 is 37.9 Å². The summed E-state index contributed by atoms with van der Waals surface area (Å²) in [6, 6.07) is 23.6. The molecule has 2 aliphatic rings. The van der Waals surface area contributed by atoms with Crippen LogP contribution in [-0.2, 0) is 9.47 Å². The molecule has 0 bridgehead atoms. The number of hydrogen-bond donors (Lipinski definition) is 2. The second kappa shape index (κ2) is 21.9. The molecule has 2 aromatic heterocycles. The molecular weight excluding hydrogens is 921 g/mol. The van der Waals surface area contributed by atoms with Gasteiger partial charge in [0.05, 0.1) is 68.0 Å². The van der Waals surface area contributed by atoms with Gasteiger partial charge in [0.25, 0.3) is 0 Å². The van der Waals surface area contributed by atoms with E-state index in [0.717, 1.165) is 11.1 Å². The number of thioether (sulfide) groups is 2. The van der Waals surface area contributed by atoms with Crippen LogP contribution >= 0.6 is 23.5 Å². The van der Waals surface area contributed by atoms with Crippen LogP contribution in [0.3, 0.4) is 0 Å². The lowest BCUT2D eigenvalue weighted by Crippen LogP contribution is -2.39. The number of carbonyl (C=O) groups excluding carboxylic acids is 4. The molecule has 0 unspecified atom stereocenters. The Kier molecular flexibility index (Phi) is 15.6. The highest BCUT2D eigenvalue weighted by atomic mass is 32.2. The summed E-state index contributed by atoms with van der Waals surface area (Å²) in [5, 5.41) is 15.6. The first-order chi connectivity index (χ1) is 33.0. The number of nitrogens with one attached hydrogen (secondary N) is 2. The van der Waals surface area contributed by atoms with E-state index in [2.05, 4.69) is 31.5 Å². The smallest absolute Gasteiger partial charge is 0.361 e. The summed E-state index contributed by atoms with van der Waals surface area (Å²) >= 11 is 2.41. The summed E-state index contributed by atoms with van der Waals surface area (Å²) in [6.45, 7) is 3.82. The minimum absolute atomic E-state index is 0.0534. The Morgan fingerprint density at radius 1 is 0.515 bits per heavy atom. The summed E-state index contributed by atoms with van der Waals surface area (Å²) < 4.78 is 42.2. The van der Waals surface area contributed by atoms with E-state index in [1.165, 1.54) is 33.1 Å². The number of fused-ring (bicyclic) bond motifs is 2. The number of rotatable bonds is 16. The molecule has 0 fully saturated rings. The van der Waals surface area contributed by atoms with Gasteiger partial charge >= 0.3 is 11.9 Å². The minimum Gasteiger partial charge on any atom is -0.497 e. The van der Waals surface area contributed by atoms with E-state index >= 15 is 0 Å². The highest BCUT2D eigenvalue weighted by molar-refractivity contribution is 8.01. The Morgan fingerprint density at radius 3 is 1.21 bits per heavy atom. The van der Waals surface area contributed by atoms with Gasteiger partial charge in [0.1, 0.15) is 22.0 Å². The Labute approximate surface area is 399 Å². The van der Waals surface area contributed by atoms with Crippen molar-refractivity contribution in [3.05, 3.63) is 119 Å². The third-order valence-corrected chi connectivity index (χ3v) is 13.3. The van der Waals surface area contributed by atoms with Crippen molar-refractivity contribution in [2.75, 3.05) is 66.7 Å². The maximum absolute atomic E-state index is 13.7. The van der Waals surface area contributed by atoms with Crippen LogP contribution in [0.25, 0.3) is 0 Å². The van der Waals surface area contributed by atoms with Gasteiger partial charge in [-0.3, -0.25) is 20.4 Å². The molecule has 0 amide bonds. The lowest BCUT2D eigenvalue weighted by atomic mass is 9.97. The van der Waals surface area contributed by atoms with Crippen molar-refractivity contribution in [1.29, 1.82) is 0 Å². The van der Waals surface area contributed by atoms with Crippen molar-refractivity contribution >= 4 is 47.0 Å². The average Bonchev–Trinajstić information content (AvgIpc) is 4.01. The van der Waals surface area contributed by atoms with Gasteiger partial charge in [-0.15, -0.1) is 10.2 Å². The Balaban J connectivity index is 0.000000201. The van der Waals surface area contributed by atoms with Gasteiger partial charge in [0, 0.05) is 11.1 Å². The van der Waals surface area contributed by atoms with E-state index < -0.39 is 34.5 Å². The average molecular weight is 969 g/mol. The van der Waals surface area contributed by atoms with Crippen molar-refractivity contribution in [1.82, 2.24) is 30.2 Å². The van der Waals surface area contributed by atoms with Gasteiger partial charge in [0.2, 0.25) is 11.4 Å². The molecule has 0 spiro atoms. The number of hydrogen-bond acceptors (Lipinski definition) is 20. The number of aromatic nitrogens is 6. The molecule has 356 valence electrons. The van der Waals surface area contributed by atoms with Crippen LogP contribution in [0.5, 0.6) is 34.5 Å². The molecule has 0 aliphatic carbocycles. The van der Waals surface area contributed by atoms with Crippen LogP contribution in [-0.4, -0.2) is 120 Å². The standard InChI is InChI=1S/2C23H24N4O6S/c2*1-5-33-23(29)19-22-27(26-24-19)25-18(14-8-11-16(31-3)17(12-14)32-4)21(34-22)20(28)13-6-9-15(30-2)10-7-13/h2*6-12,18,21,25H,5H2,1-4H3/t18-,21+;18-,21-/m10/s1. The van der Waals surface area contributed by atoms with Crippen molar-refractivity contribution in [2.45, 2.75) is 46.5 Å². The molecule has 22 heteroatoms. The summed E-state index contributed by atoms with van der Waals surface area (Å²) in [6.07, 6.45) is 0. The van der Waals surface area contributed by atoms with Crippen LogP contribution in [0.4, 0.5) is 0 Å². The highest BCUT2D eigenvalue weighted by Crippen LogP contribution is 2.44. The number of ether oxygens (including phenoxy) is 8. The predicted molar refractivity (Wildman–Crippen MR) is 249 cm³/mol. The number of esters is 2. The molecule has 2 N–H and O–H groups in total. The zero-order valence-corrected chi connectivity index (χ0v) is 39.8. The number of methoxy groups -OCH3 is 6. The number of benzene rings is 4. The summed E-state index contributed by atoms with van der Waals surface area (Å²) in [7, 11) is 9.34. The molecule has 68 heavy (non-hydrogen) atoms. The lowest BCUT2D eigenvalue weighted by Gasteiger charge is -2.32. The van der Waals surface area contributed by atoms with Crippen LogP contribution in [0.15, 0.2) is 95.0 Å². The predicted octanol–water partition coefficient (Wildman–Crippen LogP) is 6.25. The molecule has 0 radical (unpaired) electrons. The topological polar surface area (TPSA) is 228 Å². The molecule has 0 saturated heterocycles. The summed E-state index contributed by atoms with van der Waals surface area (Å²) in [4.78, 5) is 54.9. The number of carbonyl (C=O) groups is 4. The molecule has 2 aliphatic heterocycles. The largest absolute Gasteiger partial charge is 0.497 e. The zero-order chi connectivity index (χ0) is 48.5. The molecule has 4 aromatic carbocycles. The van der Waals surface area contributed by atoms with Crippen LogP contribution in [0.2, 0.25) is 0 Å². The van der Waals surface area contributed by atoms with E-state index in [1.54, 1.807) is 129 Å². The van der Waals surface area contributed by atoms with Gasteiger partial charge in [-0.2, -0.15) is 9.58 Å². The zero-order valence-electron chi connectivity index (χ0n) is 38.2. The van der Waals surface area contributed by atoms with Crippen molar-refractivity contribution in [3.63, 3.8) is 0 Å². The lowest BCUT2D eigenvalue weighted by molar-refractivity contribution is 0.0505. The van der Waals surface area contributed by atoms with Crippen LogP contribution in [0, 0.1) is 0 Å². The van der Waals surface area contributed by atoms with E-state index in [1.807, 2.05) is 12.1 Å². The maximum Gasteiger partial charge on any atom is 0.361 e. The molecule has 4 atom stereocenters. The van der Waals surface area contributed by atoms with E-state index in [9.17, 15) is 19.2 Å². The molecule has 20 nitrogen and oxygen atoms in total. The maximum atomic E-state index is 13.7. The van der Waals surface area contributed by atoms with Gasteiger partial charge in [-0.1, -0.05) is 35.7 Å². The normalized spacial score (nSPS) is 16.7. The van der Waals surface area contributed by atoms with Crippen molar-refractivity contribution in [3.8, 4) is 34.5 Å². The summed E-state index contributed by atoms with van der Waals surface area (Å²) in [5.41, 5.74) is 9.09. The molecule has 6 aromatic rings. The fourth-order valence-electron chi connectivity index (χ4n) is 7.20. The Hall–Kier alpha value is -7.46. The Bertz CT molecular complexity index is 2580. The molecule has 4 heterocycles. The Morgan fingerprint density at radius 2 is 0.882 bits per heavy atom. The van der Waals surface area contributed by atoms with Gasteiger partial charge in [-0.05, 0) is 108 Å². The highest BCUT2D eigenvalue weighted by Gasteiger charge is 2.42. The SMILES string of the molecule is CCOC(=O)c1nnn2c1S[C@H](C(=O)c1ccc(OC)cc1)[C@@H](c1ccc(OC)c(OC)c1)N2.CCOC(=O)c1nnn2c1S[C@H](C(=O)c1ccc(OC)cc1)[C@H](c1ccc(OC)c(OC)c1)N2. The van der Waals surface area contributed by atoms with E-state index in [-0.39, 0.29) is 36.2 Å². The second-order valence-electron chi connectivity index (χ2n) is 14.5. The minimum atomic E-state index is -0.648. The molecule has 8 rings (SSSR count). The first kappa shape index (κ1) is 48.5. The number of Topliss-reactive ketones (excluding diaryl/α,β-unsaturated/α-hetero) is 2.